The predicted octanol–water partition coefficient (Wildman–Crippen LogP) is 1.03. The fourth-order valence-corrected chi connectivity index (χ4v) is 1.72. The van der Waals surface area contributed by atoms with Crippen molar-refractivity contribution in [1.29, 1.82) is 0 Å². The van der Waals surface area contributed by atoms with Gasteiger partial charge in [0.15, 0.2) is 0 Å². The fraction of sp³-hybridized carbons (Fsp3) is 0.571. The highest BCUT2D eigenvalue weighted by atomic mass is 16.5. The van der Waals surface area contributed by atoms with E-state index in [-0.39, 0.29) is 0 Å². The first-order valence-corrected chi connectivity index (χ1v) is 6.43. The third-order valence-electron chi connectivity index (χ3n) is 2.76. The average molecular weight is 268 g/mol. The summed E-state index contributed by atoms with van der Waals surface area (Å²) in [6, 6.07) is 5.81. The molecule has 0 aliphatic carbocycles. The maximum atomic E-state index is 5.33. The van der Waals surface area contributed by atoms with E-state index in [1.54, 1.807) is 21.3 Å². The van der Waals surface area contributed by atoms with Gasteiger partial charge in [0.1, 0.15) is 11.5 Å². The van der Waals surface area contributed by atoms with Crippen LogP contribution in [-0.4, -0.2) is 47.6 Å². The molecule has 5 nitrogen and oxygen atoms in total. The van der Waals surface area contributed by atoms with Crippen LogP contribution >= 0.6 is 0 Å². The Morgan fingerprint density at radius 2 is 1.74 bits per heavy atom. The summed E-state index contributed by atoms with van der Waals surface area (Å²) in [4.78, 5) is 0. The van der Waals surface area contributed by atoms with E-state index in [4.69, 9.17) is 14.2 Å². The minimum atomic E-state index is 0.740. The van der Waals surface area contributed by atoms with Gasteiger partial charge < -0.3 is 24.8 Å². The second kappa shape index (κ2) is 9.61. The monoisotopic (exact) mass is 268 g/mol. The van der Waals surface area contributed by atoms with Crippen molar-refractivity contribution in [2.75, 3.05) is 47.6 Å². The number of methoxy groups -OCH3 is 3. The highest BCUT2D eigenvalue weighted by Gasteiger charge is 2.04. The number of ether oxygens (including phenoxy) is 3. The smallest absolute Gasteiger partial charge is 0.123 e. The first-order chi connectivity index (χ1) is 9.31. The molecule has 0 radical (unpaired) electrons. The zero-order valence-corrected chi connectivity index (χ0v) is 12.0. The van der Waals surface area contributed by atoms with Crippen molar-refractivity contribution in [1.82, 2.24) is 10.6 Å². The summed E-state index contributed by atoms with van der Waals surface area (Å²) in [5, 5.41) is 6.65. The van der Waals surface area contributed by atoms with Crippen LogP contribution in [0.15, 0.2) is 18.2 Å². The molecular formula is C14H24N2O3. The minimum Gasteiger partial charge on any atom is -0.497 e. The van der Waals surface area contributed by atoms with E-state index in [9.17, 15) is 0 Å². The van der Waals surface area contributed by atoms with Crippen LogP contribution in [0.4, 0.5) is 0 Å². The van der Waals surface area contributed by atoms with Crippen molar-refractivity contribution in [2.24, 2.45) is 0 Å². The maximum absolute atomic E-state index is 5.33. The number of benzene rings is 1. The normalized spacial score (nSPS) is 10.5. The van der Waals surface area contributed by atoms with E-state index in [1.165, 1.54) is 0 Å². The maximum Gasteiger partial charge on any atom is 0.123 e. The lowest BCUT2D eigenvalue weighted by molar-refractivity contribution is 0.199. The van der Waals surface area contributed by atoms with Crippen LogP contribution in [0.25, 0.3) is 0 Å². The minimum absolute atomic E-state index is 0.740. The van der Waals surface area contributed by atoms with E-state index in [2.05, 4.69) is 10.6 Å². The summed E-state index contributed by atoms with van der Waals surface area (Å²) in [6.07, 6.45) is 0. The zero-order valence-electron chi connectivity index (χ0n) is 12.0. The Balaban J connectivity index is 2.31. The molecule has 0 unspecified atom stereocenters. The molecule has 1 rings (SSSR count). The topological polar surface area (TPSA) is 51.8 Å². The molecule has 0 atom stereocenters. The van der Waals surface area contributed by atoms with E-state index in [0.717, 1.165) is 49.8 Å². The summed E-state index contributed by atoms with van der Waals surface area (Å²) < 4.78 is 15.5. The summed E-state index contributed by atoms with van der Waals surface area (Å²) >= 11 is 0. The van der Waals surface area contributed by atoms with Crippen molar-refractivity contribution in [2.45, 2.75) is 6.54 Å². The first-order valence-electron chi connectivity index (χ1n) is 6.43. The van der Waals surface area contributed by atoms with Gasteiger partial charge in [0, 0.05) is 38.9 Å². The molecule has 0 aliphatic heterocycles. The van der Waals surface area contributed by atoms with E-state index in [1.807, 2.05) is 18.2 Å². The Labute approximate surface area is 115 Å². The lowest BCUT2D eigenvalue weighted by atomic mass is 10.2. The zero-order chi connectivity index (χ0) is 13.9. The van der Waals surface area contributed by atoms with Crippen LogP contribution in [0.5, 0.6) is 11.5 Å². The number of rotatable bonds is 10. The van der Waals surface area contributed by atoms with Gasteiger partial charge in [-0.1, -0.05) is 0 Å². The highest BCUT2D eigenvalue weighted by molar-refractivity contribution is 5.40. The quantitative estimate of drug-likeness (QED) is 0.621. The van der Waals surface area contributed by atoms with Gasteiger partial charge in [0.25, 0.3) is 0 Å². The van der Waals surface area contributed by atoms with Gasteiger partial charge in [-0.2, -0.15) is 0 Å². The Morgan fingerprint density at radius 3 is 2.42 bits per heavy atom. The van der Waals surface area contributed by atoms with Gasteiger partial charge in [-0.25, -0.2) is 0 Å². The van der Waals surface area contributed by atoms with Crippen LogP contribution in [0.3, 0.4) is 0 Å². The molecule has 0 spiro atoms. The molecular weight excluding hydrogens is 244 g/mol. The lowest BCUT2D eigenvalue weighted by Gasteiger charge is -2.11. The molecule has 1 aromatic rings. The third kappa shape index (κ3) is 5.92. The standard InChI is InChI=1S/C14H24N2O3/c1-17-9-8-15-6-7-16-11-12-10-13(18-2)4-5-14(12)19-3/h4-5,10,15-16H,6-9,11H2,1-3H3. The molecule has 19 heavy (non-hydrogen) atoms. The molecule has 1 aromatic carbocycles. The molecule has 0 amide bonds. The van der Waals surface area contributed by atoms with Crippen molar-refractivity contribution in [3.8, 4) is 11.5 Å². The molecule has 0 saturated heterocycles. The van der Waals surface area contributed by atoms with Gasteiger partial charge in [0.2, 0.25) is 0 Å². The van der Waals surface area contributed by atoms with Gasteiger partial charge in [-0.05, 0) is 18.2 Å². The van der Waals surface area contributed by atoms with E-state index >= 15 is 0 Å². The summed E-state index contributed by atoms with van der Waals surface area (Å²) in [7, 11) is 5.05. The first kappa shape index (κ1) is 15.8. The van der Waals surface area contributed by atoms with Crippen LogP contribution in [-0.2, 0) is 11.3 Å². The van der Waals surface area contributed by atoms with Crippen LogP contribution in [0.1, 0.15) is 5.56 Å². The Hall–Kier alpha value is -1.30. The molecule has 2 N–H and O–H groups in total. The molecule has 0 fully saturated rings. The van der Waals surface area contributed by atoms with E-state index in [0.29, 0.717) is 0 Å². The van der Waals surface area contributed by atoms with Crippen LogP contribution in [0.2, 0.25) is 0 Å². The largest absolute Gasteiger partial charge is 0.497 e. The Morgan fingerprint density at radius 1 is 0.947 bits per heavy atom. The summed E-state index contributed by atoms with van der Waals surface area (Å²) in [6.45, 7) is 4.18. The number of hydrogen-bond donors (Lipinski definition) is 2. The SMILES string of the molecule is COCCNCCNCc1cc(OC)ccc1OC. The van der Waals surface area contributed by atoms with Gasteiger partial charge in [0.05, 0.1) is 20.8 Å². The molecule has 5 heteroatoms. The third-order valence-corrected chi connectivity index (χ3v) is 2.76. The molecule has 0 saturated carbocycles. The average Bonchev–Trinajstić information content (AvgIpc) is 2.46. The molecule has 108 valence electrons. The van der Waals surface area contributed by atoms with Crippen molar-refractivity contribution in [3.05, 3.63) is 23.8 Å². The molecule has 0 heterocycles. The molecule has 0 bridgehead atoms. The summed E-state index contributed by atoms with van der Waals surface area (Å²) in [5.41, 5.74) is 1.10. The fourth-order valence-electron chi connectivity index (χ4n) is 1.72. The van der Waals surface area contributed by atoms with Crippen molar-refractivity contribution >= 4 is 0 Å². The van der Waals surface area contributed by atoms with Crippen molar-refractivity contribution < 1.29 is 14.2 Å². The predicted molar refractivity (Wildman–Crippen MR) is 76.0 cm³/mol. The van der Waals surface area contributed by atoms with Gasteiger partial charge >= 0.3 is 0 Å². The highest BCUT2D eigenvalue weighted by Crippen LogP contribution is 2.23. The lowest BCUT2D eigenvalue weighted by Crippen LogP contribution is -2.29. The van der Waals surface area contributed by atoms with Crippen LogP contribution in [0, 0.1) is 0 Å². The second-order valence-corrected chi connectivity index (χ2v) is 4.10. The number of nitrogens with one attached hydrogen (secondary N) is 2. The Kier molecular flexibility index (Phi) is 7.97. The van der Waals surface area contributed by atoms with E-state index < -0.39 is 0 Å². The van der Waals surface area contributed by atoms with Gasteiger partial charge in [-0.15, -0.1) is 0 Å². The Bertz CT molecular complexity index is 359. The summed E-state index contributed by atoms with van der Waals surface area (Å²) in [5.74, 6) is 1.72. The second-order valence-electron chi connectivity index (χ2n) is 4.10. The van der Waals surface area contributed by atoms with Gasteiger partial charge in [-0.3, -0.25) is 0 Å². The molecule has 0 aliphatic rings. The molecule has 0 aromatic heterocycles. The van der Waals surface area contributed by atoms with Crippen molar-refractivity contribution in [3.63, 3.8) is 0 Å². The number of hydrogen-bond acceptors (Lipinski definition) is 5. The van der Waals surface area contributed by atoms with Crippen LogP contribution < -0.4 is 20.1 Å².